The van der Waals surface area contributed by atoms with Gasteiger partial charge in [-0.15, -0.1) is 0 Å². The van der Waals surface area contributed by atoms with Gasteiger partial charge in [-0.3, -0.25) is 14.5 Å². The van der Waals surface area contributed by atoms with Gasteiger partial charge in [0.2, 0.25) is 11.8 Å². The van der Waals surface area contributed by atoms with Crippen molar-refractivity contribution in [2.24, 2.45) is 4.99 Å². The van der Waals surface area contributed by atoms with Crippen molar-refractivity contribution >= 4 is 51.7 Å². The number of nitrogens with zero attached hydrogens (tertiary/aromatic N) is 2. The van der Waals surface area contributed by atoms with Crippen molar-refractivity contribution in [3.63, 3.8) is 0 Å². The SMILES string of the molecule is CCCCCCOc1ccc(NC(=O)C2CC(=O)N(CCc3ccc(OC)cc3)C(=Nc3cccc(Cl)c3)S2)cc1. The van der Waals surface area contributed by atoms with Crippen LogP contribution in [0.15, 0.2) is 77.8 Å². The molecular weight excluding hydrogens is 558 g/mol. The summed E-state index contributed by atoms with van der Waals surface area (Å²) in [5, 5.41) is 3.35. The Bertz CT molecular complexity index is 1330. The van der Waals surface area contributed by atoms with E-state index < -0.39 is 5.25 Å². The number of carbonyl (C=O) groups is 2. The molecule has 3 aromatic carbocycles. The largest absolute Gasteiger partial charge is 0.497 e. The van der Waals surface area contributed by atoms with Crippen LogP contribution in [0.5, 0.6) is 11.5 Å². The zero-order chi connectivity index (χ0) is 29.0. The number of nitrogens with one attached hydrogen (secondary N) is 1. The summed E-state index contributed by atoms with van der Waals surface area (Å²) in [4.78, 5) is 33.0. The fourth-order valence-electron chi connectivity index (χ4n) is 4.33. The van der Waals surface area contributed by atoms with Gasteiger partial charge in [0.1, 0.15) is 16.7 Å². The molecule has 41 heavy (non-hydrogen) atoms. The average molecular weight is 594 g/mol. The Balaban J connectivity index is 1.42. The maximum Gasteiger partial charge on any atom is 0.238 e. The smallest absolute Gasteiger partial charge is 0.238 e. The highest BCUT2D eigenvalue weighted by molar-refractivity contribution is 8.15. The monoisotopic (exact) mass is 593 g/mol. The molecular formula is C32H36ClN3O4S. The molecule has 1 saturated heterocycles. The molecule has 1 fully saturated rings. The number of carbonyl (C=O) groups excluding carboxylic acids is 2. The van der Waals surface area contributed by atoms with Crippen LogP contribution in [0.1, 0.15) is 44.6 Å². The van der Waals surface area contributed by atoms with E-state index in [4.69, 9.17) is 26.1 Å². The van der Waals surface area contributed by atoms with E-state index in [1.165, 1.54) is 24.6 Å². The van der Waals surface area contributed by atoms with Gasteiger partial charge < -0.3 is 14.8 Å². The molecule has 9 heteroatoms. The van der Waals surface area contributed by atoms with Gasteiger partial charge in [0.05, 0.1) is 19.4 Å². The van der Waals surface area contributed by atoms with Crippen molar-refractivity contribution in [2.45, 2.75) is 50.7 Å². The van der Waals surface area contributed by atoms with Crippen molar-refractivity contribution in [1.29, 1.82) is 0 Å². The Morgan fingerprint density at radius 2 is 1.80 bits per heavy atom. The normalized spacial score (nSPS) is 16.1. The van der Waals surface area contributed by atoms with Crippen LogP contribution >= 0.6 is 23.4 Å². The van der Waals surface area contributed by atoms with Gasteiger partial charge in [0.25, 0.3) is 0 Å². The highest BCUT2D eigenvalue weighted by Gasteiger charge is 2.35. The average Bonchev–Trinajstić information content (AvgIpc) is 2.97. The standard InChI is InChI=1S/C32H36ClN3O4S/c1-3-4-5-6-20-40-28-16-12-25(13-17-28)34-31(38)29-22-30(37)36(19-18-23-10-14-27(39-2)15-11-23)32(41-29)35-26-9-7-8-24(33)21-26/h7-17,21,29H,3-6,18-20,22H2,1-2H3,(H,34,38). The molecule has 0 bridgehead atoms. The molecule has 4 rings (SSSR count). The van der Waals surface area contributed by atoms with Gasteiger partial charge in [-0.05, 0) is 73.0 Å². The molecule has 1 aliphatic heterocycles. The van der Waals surface area contributed by atoms with Crippen LogP contribution < -0.4 is 14.8 Å². The summed E-state index contributed by atoms with van der Waals surface area (Å²) in [5.74, 6) is 1.15. The lowest BCUT2D eigenvalue weighted by Gasteiger charge is -2.32. The number of hydrogen-bond donors (Lipinski definition) is 1. The number of amidine groups is 1. The number of unbranched alkanes of at least 4 members (excludes halogenated alkanes) is 3. The Morgan fingerprint density at radius 3 is 2.51 bits per heavy atom. The Kier molecular flexibility index (Phi) is 11.5. The minimum absolute atomic E-state index is 0.0760. The summed E-state index contributed by atoms with van der Waals surface area (Å²) in [6.45, 7) is 3.30. The van der Waals surface area contributed by atoms with Gasteiger partial charge in [0.15, 0.2) is 5.17 Å². The molecule has 1 N–H and O–H groups in total. The number of rotatable bonds is 13. The zero-order valence-electron chi connectivity index (χ0n) is 23.5. The number of methoxy groups -OCH3 is 1. The highest BCUT2D eigenvalue weighted by Crippen LogP contribution is 2.31. The number of ether oxygens (including phenoxy) is 2. The van der Waals surface area contributed by atoms with Crippen molar-refractivity contribution in [3.05, 3.63) is 83.4 Å². The minimum Gasteiger partial charge on any atom is -0.497 e. The first kappa shape index (κ1) is 30.5. The van der Waals surface area contributed by atoms with Crippen LogP contribution in [0.2, 0.25) is 5.02 Å². The van der Waals surface area contributed by atoms with Crippen LogP contribution in [0.25, 0.3) is 0 Å². The van der Waals surface area contributed by atoms with E-state index in [9.17, 15) is 9.59 Å². The minimum atomic E-state index is -0.618. The number of benzene rings is 3. The van der Waals surface area contributed by atoms with Crippen molar-refractivity contribution in [1.82, 2.24) is 4.90 Å². The summed E-state index contributed by atoms with van der Waals surface area (Å²) < 4.78 is 11.0. The second-order valence-electron chi connectivity index (χ2n) is 9.75. The van der Waals surface area contributed by atoms with E-state index in [-0.39, 0.29) is 18.2 Å². The van der Waals surface area contributed by atoms with Gasteiger partial charge in [0, 0.05) is 23.7 Å². The van der Waals surface area contributed by atoms with Crippen LogP contribution in [-0.2, 0) is 16.0 Å². The summed E-state index contributed by atoms with van der Waals surface area (Å²) in [6.07, 6.45) is 5.29. The van der Waals surface area contributed by atoms with E-state index in [1.807, 2.05) is 60.7 Å². The third-order valence-electron chi connectivity index (χ3n) is 6.64. The number of amides is 2. The summed E-state index contributed by atoms with van der Waals surface area (Å²) in [6, 6.07) is 22.2. The summed E-state index contributed by atoms with van der Waals surface area (Å²) >= 11 is 7.47. The Labute approximate surface area is 251 Å². The summed E-state index contributed by atoms with van der Waals surface area (Å²) in [7, 11) is 1.63. The Morgan fingerprint density at radius 1 is 1.05 bits per heavy atom. The van der Waals surface area contributed by atoms with Gasteiger partial charge in [-0.25, -0.2) is 4.99 Å². The molecule has 1 atom stereocenters. The van der Waals surface area contributed by atoms with E-state index in [0.29, 0.717) is 41.1 Å². The maximum atomic E-state index is 13.4. The van der Waals surface area contributed by atoms with E-state index in [2.05, 4.69) is 12.2 Å². The molecule has 2 amide bonds. The lowest BCUT2D eigenvalue weighted by atomic mass is 10.1. The van der Waals surface area contributed by atoms with Gasteiger partial charge in [-0.1, -0.05) is 67.7 Å². The lowest BCUT2D eigenvalue weighted by molar-refractivity contribution is -0.129. The number of hydrogen-bond acceptors (Lipinski definition) is 6. The first-order valence-electron chi connectivity index (χ1n) is 13.9. The third kappa shape index (κ3) is 9.26. The molecule has 1 unspecified atom stereocenters. The molecule has 0 aliphatic carbocycles. The fraction of sp³-hybridized carbons (Fsp3) is 0.344. The molecule has 1 heterocycles. The molecule has 1 aliphatic rings. The van der Waals surface area contributed by atoms with Crippen LogP contribution in [-0.4, -0.2) is 47.4 Å². The summed E-state index contributed by atoms with van der Waals surface area (Å²) in [5.41, 5.74) is 2.34. The molecule has 0 saturated carbocycles. The van der Waals surface area contributed by atoms with Crippen LogP contribution in [0, 0.1) is 0 Å². The molecule has 0 spiro atoms. The first-order chi connectivity index (χ1) is 19.9. The van der Waals surface area contributed by atoms with E-state index in [1.54, 1.807) is 24.1 Å². The van der Waals surface area contributed by atoms with Crippen LogP contribution in [0.4, 0.5) is 11.4 Å². The lowest BCUT2D eigenvalue weighted by Crippen LogP contribution is -2.46. The maximum absolute atomic E-state index is 13.4. The molecule has 7 nitrogen and oxygen atoms in total. The number of anilines is 1. The quantitative estimate of drug-likeness (QED) is 0.207. The van der Waals surface area contributed by atoms with E-state index >= 15 is 0 Å². The highest BCUT2D eigenvalue weighted by atomic mass is 35.5. The molecule has 216 valence electrons. The van der Waals surface area contributed by atoms with Crippen molar-refractivity contribution < 1.29 is 19.1 Å². The van der Waals surface area contributed by atoms with Gasteiger partial charge in [-0.2, -0.15) is 0 Å². The second-order valence-corrected chi connectivity index (χ2v) is 11.4. The fourth-order valence-corrected chi connectivity index (χ4v) is 5.64. The topological polar surface area (TPSA) is 80.2 Å². The van der Waals surface area contributed by atoms with E-state index in [0.717, 1.165) is 29.9 Å². The molecule has 3 aromatic rings. The van der Waals surface area contributed by atoms with Crippen molar-refractivity contribution in [2.75, 3.05) is 25.6 Å². The Hall–Kier alpha value is -3.49. The molecule has 0 aromatic heterocycles. The third-order valence-corrected chi connectivity index (χ3v) is 8.06. The number of thioether (sulfide) groups is 1. The first-order valence-corrected chi connectivity index (χ1v) is 15.2. The van der Waals surface area contributed by atoms with Crippen LogP contribution in [0.3, 0.4) is 0 Å². The zero-order valence-corrected chi connectivity index (χ0v) is 25.0. The second kappa shape index (κ2) is 15.5. The van der Waals surface area contributed by atoms with Gasteiger partial charge >= 0.3 is 0 Å². The van der Waals surface area contributed by atoms with Crippen molar-refractivity contribution in [3.8, 4) is 11.5 Å². The number of halogens is 1. The predicted octanol–water partition coefficient (Wildman–Crippen LogP) is 7.51. The number of aliphatic imine (C=N–C) groups is 1. The molecule has 0 radical (unpaired) electrons. The predicted molar refractivity (Wildman–Crippen MR) is 168 cm³/mol.